The van der Waals surface area contributed by atoms with Crippen molar-refractivity contribution in [1.82, 2.24) is 14.1 Å². The van der Waals surface area contributed by atoms with E-state index in [1.807, 2.05) is 0 Å². The lowest BCUT2D eigenvalue weighted by Crippen LogP contribution is -2.32. The Bertz CT molecular complexity index is 479. The first-order valence-electron chi connectivity index (χ1n) is 4.39. The number of ether oxygens (including phenoxy) is 1. The highest BCUT2D eigenvalue weighted by Gasteiger charge is 2.24. The smallest absolute Gasteiger partial charge is 0.321 e. The number of aryl methyl sites for hydroxylation is 1. The number of sulfonamides is 1. The van der Waals surface area contributed by atoms with E-state index in [1.165, 1.54) is 31.2 Å². The average Bonchev–Trinajstić information content (AvgIpc) is 2.65. The summed E-state index contributed by atoms with van der Waals surface area (Å²) >= 11 is 0. The van der Waals surface area contributed by atoms with Crippen molar-refractivity contribution in [2.75, 3.05) is 20.7 Å². The standard InChI is InChI=1S/C8H13N3O4S/c1-10-5-7(4-9-10)16(13,14)11(2)6-8(12)15-3/h4-5H,6H2,1-3H3. The molecule has 0 amide bonds. The van der Waals surface area contributed by atoms with E-state index < -0.39 is 16.0 Å². The molecule has 16 heavy (non-hydrogen) atoms. The molecule has 7 nitrogen and oxygen atoms in total. The highest BCUT2D eigenvalue weighted by molar-refractivity contribution is 7.89. The normalized spacial score (nSPS) is 11.8. The van der Waals surface area contributed by atoms with Gasteiger partial charge in [-0.3, -0.25) is 9.48 Å². The Morgan fingerprint density at radius 3 is 2.69 bits per heavy atom. The quantitative estimate of drug-likeness (QED) is 0.651. The number of carbonyl (C=O) groups is 1. The SMILES string of the molecule is COC(=O)CN(C)S(=O)(=O)c1cnn(C)c1. The predicted molar refractivity (Wildman–Crippen MR) is 55.0 cm³/mol. The first-order chi connectivity index (χ1) is 7.37. The zero-order valence-electron chi connectivity index (χ0n) is 9.24. The van der Waals surface area contributed by atoms with E-state index in [1.54, 1.807) is 7.05 Å². The number of esters is 1. The van der Waals surface area contributed by atoms with Crippen molar-refractivity contribution < 1.29 is 17.9 Å². The second kappa shape index (κ2) is 4.62. The van der Waals surface area contributed by atoms with Gasteiger partial charge in [0.05, 0.1) is 13.3 Å². The van der Waals surface area contributed by atoms with Gasteiger partial charge in [-0.05, 0) is 0 Å². The van der Waals surface area contributed by atoms with Gasteiger partial charge in [-0.1, -0.05) is 0 Å². The molecule has 0 bridgehead atoms. The summed E-state index contributed by atoms with van der Waals surface area (Å²) in [5, 5.41) is 3.76. The van der Waals surface area contributed by atoms with Crippen LogP contribution in [0, 0.1) is 0 Å². The Balaban J connectivity index is 2.90. The van der Waals surface area contributed by atoms with Gasteiger partial charge in [-0.25, -0.2) is 8.42 Å². The molecule has 0 fully saturated rings. The fourth-order valence-corrected chi connectivity index (χ4v) is 2.14. The molecule has 0 N–H and O–H groups in total. The van der Waals surface area contributed by atoms with Crippen molar-refractivity contribution >= 4 is 16.0 Å². The Hall–Kier alpha value is -1.41. The predicted octanol–water partition coefficient (Wildman–Crippen LogP) is -0.786. The second-order valence-corrected chi connectivity index (χ2v) is 5.23. The summed E-state index contributed by atoms with van der Waals surface area (Å²) < 4.78 is 30.4. The first-order valence-corrected chi connectivity index (χ1v) is 5.83. The van der Waals surface area contributed by atoms with Crippen LogP contribution in [0.15, 0.2) is 17.3 Å². The number of hydrogen-bond acceptors (Lipinski definition) is 5. The molecule has 0 spiro atoms. The van der Waals surface area contributed by atoms with E-state index in [9.17, 15) is 13.2 Å². The monoisotopic (exact) mass is 247 g/mol. The van der Waals surface area contributed by atoms with Gasteiger partial charge in [0.1, 0.15) is 11.4 Å². The summed E-state index contributed by atoms with van der Waals surface area (Å²) in [5.74, 6) is -0.616. The van der Waals surface area contributed by atoms with Crippen molar-refractivity contribution in [1.29, 1.82) is 0 Å². The van der Waals surface area contributed by atoms with E-state index >= 15 is 0 Å². The van der Waals surface area contributed by atoms with Crippen molar-refractivity contribution in [2.24, 2.45) is 7.05 Å². The Kier molecular flexibility index (Phi) is 3.66. The summed E-state index contributed by atoms with van der Waals surface area (Å²) in [7, 11) is 0.442. The number of carbonyl (C=O) groups excluding carboxylic acids is 1. The molecule has 8 heteroatoms. The van der Waals surface area contributed by atoms with Crippen LogP contribution in [0.25, 0.3) is 0 Å². The zero-order valence-corrected chi connectivity index (χ0v) is 10.1. The molecule has 0 unspecified atom stereocenters. The summed E-state index contributed by atoms with van der Waals surface area (Å²) in [6, 6.07) is 0. The molecule has 1 aromatic rings. The van der Waals surface area contributed by atoms with E-state index in [4.69, 9.17) is 0 Å². The van der Waals surface area contributed by atoms with Crippen LogP contribution in [0.1, 0.15) is 0 Å². The fraction of sp³-hybridized carbons (Fsp3) is 0.500. The molecule has 1 heterocycles. The topological polar surface area (TPSA) is 81.5 Å². The molecule has 0 aliphatic heterocycles. The van der Waals surface area contributed by atoms with Gasteiger partial charge < -0.3 is 4.74 Å². The van der Waals surface area contributed by atoms with Crippen molar-refractivity contribution in [3.8, 4) is 0 Å². The van der Waals surface area contributed by atoms with Gasteiger partial charge in [-0.15, -0.1) is 0 Å². The molecule has 1 rings (SSSR count). The van der Waals surface area contributed by atoms with E-state index in [2.05, 4.69) is 9.84 Å². The number of likely N-dealkylation sites (N-methyl/N-ethyl adjacent to an activating group) is 1. The molecular formula is C8H13N3O4S. The maximum Gasteiger partial charge on any atom is 0.321 e. The Labute approximate surface area is 93.7 Å². The summed E-state index contributed by atoms with van der Waals surface area (Å²) in [5.41, 5.74) is 0. The number of rotatable bonds is 4. The van der Waals surface area contributed by atoms with Crippen LogP contribution >= 0.6 is 0 Å². The van der Waals surface area contributed by atoms with Crippen molar-refractivity contribution in [3.63, 3.8) is 0 Å². The van der Waals surface area contributed by atoms with E-state index in [0.29, 0.717) is 0 Å². The largest absolute Gasteiger partial charge is 0.468 e. The molecule has 0 radical (unpaired) electrons. The Morgan fingerprint density at radius 2 is 2.25 bits per heavy atom. The van der Waals surface area contributed by atoms with Crippen LogP contribution in [0.3, 0.4) is 0 Å². The van der Waals surface area contributed by atoms with Crippen molar-refractivity contribution in [2.45, 2.75) is 4.90 Å². The van der Waals surface area contributed by atoms with Crippen LogP contribution in [-0.2, 0) is 26.6 Å². The molecule has 90 valence electrons. The average molecular weight is 247 g/mol. The number of hydrogen-bond donors (Lipinski definition) is 0. The van der Waals surface area contributed by atoms with E-state index in [-0.39, 0.29) is 11.4 Å². The highest BCUT2D eigenvalue weighted by Crippen LogP contribution is 2.12. The molecule has 0 aliphatic carbocycles. The molecular weight excluding hydrogens is 234 g/mol. The second-order valence-electron chi connectivity index (χ2n) is 3.19. The molecule has 0 saturated heterocycles. The van der Waals surface area contributed by atoms with Gasteiger partial charge in [0.2, 0.25) is 10.0 Å². The lowest BCUT2D eigenvalue weighted by atomic mass is 10.7. The third-order valence-electron chi connectivity index (χ3n) is 1.97. The lowest BCUT2D eigenvalue weighted by molar-refractivity contribution is -0.140. The van der Waals surface area contributed by atoms with Gasteiger partial charge in [0.25, 0.3) is 0 Å². The van der Waals surface area contributed by atoms with Crippen LogP contribution in [-0.4, -0.2) is 49.2 Å². The minimum absolute atomic E-state index is 0.0430. The van der Waals surface area contributed by atoms with Crippen LogP contribution in [0.5, 0.6) is 0 Å². The Morgan fingerprint density at radius 1 is 1.62 bits per heavy atom. The van der Waals surface area contributed by atoms with Gasteiger partial charge in [0, 0.05) is 20.3 Å². The maximum absolute atomic E-state index is 11.9. The summed E-state index contributed by atoms with van der Waals surface area (Å²) in [6.45, 7) is -0.326. The van der Waals surface area contributed by atoms with Gasteiger partial charge in [0.15, 0.2) is 0 Å². The van der Waals surface area contributed by atoms with Crippen LogP contribution < -0.4 is 0 Å². The third kappa shape index (κ3) is 2.58. The molecule has 0 saturated carbocycles. The molecule has 0 aliphatic rings. The van der Waals surface area contributed by atoms with E-state index in [0.717, 1.165) is 4.31 Å². The zero-order chi connectivity index (χ0) is 12.3. The number of nitrogens with zero attached hydrogens (tertiary/aromatic N) is 3. The van der Waals surface area contributed by atoms with Gasteiger partial charge in [-0.2, -0.15) is 9.40 Å². The molecule has 0 aromatic carbocycles. The minimum atomic E-state index is -3.67. The minimum Gasteiger partial charge on any atom is -0.468 e. The van der Waals surface area contributed by atoms with Crippen LogP contribution in [0.2, 0.25) is 0 Å². The first kappa shape index (κ1) is 12.7. The molecule has 1 aromatic heterocycles. The van der Waals surface area contributed by atoms with Gasteiger partial charge >= 0.3 is 5.97 Å². The van der Waals surface area contributed by atoms with Crippen LogP contribution in [0.4, 0.5) is 0 Å². The maximum atomic E-state index is 11.9. The fourth-order valence-electron chi connectivity index (χ4n) is 1.04. The lowest BCUT2D eigenvalue weighted by Gasteiger charge is -2.13. The number of aromatic nitrogens is 2. The summed E-state index contributed by atoms with van der Waals surface area (Å²) in [4.78, 5) is 11.0. The third-order valence-corrected chi connectivity index (χ3v) is 3.73. The van der Waals surface area contributed by atoms with Crippen molar-refractivity contribution in [3.05, 3.63) is 12.4 Å². The highest BCUT2D eigenvalue weighted by atomic mass is 32.2. The number of methoxy groups -OCH3 is 1. The molecule has 0 atom stereocenters. The summed E-state index contributed by atoms with van der Waals surface area (Å²) in [6.07, 6.45) is 2.59.